The molecule has 1 aliphatic heterocycles. The summed E-state index contributed by atoms with van der Waals surface area (Å²) in [6, 6.07) is 10.3. The van der Waals surface area contributed by atoms with Crippen LogP contribution in [0.25, 0.3) is 0 Å². The van der Waals surface area contributed by atoms with Crippen molar-refractivity contribution in [2.75, 3.05) is 19.7 Å². The van der Waals surface area contributed by atoms with Gasteiger partial charge in [0.15, 0.2) is 5.82 Å². The Morgan fingerprint density at radius 1 is 1.13 bits per heavy atom. The van der Waals surface area contributed by atoms with Crippen molar-refractivity contribution in [1.82, 2.24) is 14.3 Å². The van der Waals surface area contributed by atoms with Gasteiger partial charge in [0.25, 0.3) is 0 Å². The van der Waals surface area contributed by atoms with Crippen molar-refractivity contribution in [3.8, 4) is 0 Å². The highest BCUT2D eigenvalue weighted by atomic mass is 32.2. The maximum Gasteiger partial charge on any atom is 0.243 e. The Hall–Kier alpha value is -1.83. The van der Waals surface area contributed by atoms with Crippen molar-refractivity contribution in [3.05, 3.63) is 53.6 Å². The van der Waals surface area contributed by atoms with Crippen LogP contribution in [0, 0.1) is 13.8 Å². The van der Waals surface area contributed by atoms with E-state index in [0.717, 1.165) is 11.4 Å². The maximum absolute atomic E-state index is 12.7. The molecule has 23 heavy (non-hydrogen) atoms. The fraction of sp³-hybridized carbons (Fsp3) is 0.375. The van der Waals surface area contributed by atoms with Gasteiger partial charge in [0, 0.05) is 24.5 Å². The third-order valence-electron chi connectivity index (χ3n) is 3.70. The first kappa shape index (κ1) is 16.0. The van der Waals surface area contributed by atoms with Crippen LogP contribution in [0.1, 0.15) is 23.3 Å². The first-order chi connectivity index (χ1) is 11.0. The molecule has 7 heteroatoms. The number of nitrogens with zero attached hydrogens (tertiary/aromatic N) is 3. The minimum atomic E-state index is -3.53. The number of aryl methyl sites for hydroxylation is 2. The minimum Gasteiger partial charge on any atom is -0.367 e. The minimum absolute atomic E-state index is 0.222. The average Bonchev–Trinajstić information content (AvgIpc) is 2.55. The lowest BCUT2D eigenvalue weighted by atomic mass is 10.2. The molecular formula is C16H19N3O3S. The SMILES string of the molecule is Cc1cc(C)nc([C@@H]2CN(S(=O)(=O)c3ccccc3)CCO2)n1. The monoisotopic (exact) mass is 333 g/mol. The number of hydrogen-bond donors (Lipinski definition) is 0. The lowest BCUT2D eigenvalue weighted by Gasteiger charge is -2.31. The zero-order valence-electron chi connectivity index (χ0n) is 13.1. The molecule has 0 amide bonds. The van der Waals surface area contributed by atoms with Crippen molar-refractivity contribution in [1.29, 1.82) is 0 Å². The number of aromatic nitrogens is 2. The standard InChI is InChI=1S/C16H19N3O3S/c1-12-10-13(2)18-16(17-12)15-11-19(8-9-22-15)23(20,21)14-6-4-3-5-7-14/h3-7,10,15H,8-9,11H2,1-2H3/t15-/m0/s1. The quantitative estimate of drug-likeness (QED) is 0.857. The Morgan fingerprint density at radius 3 is 2.43 bits per heavy atom. The number of ether oxygens (including phenoxy) is 1. The molecule has 0 spiro atoms. The number of sulfonamides is 1. The number of benzene rings is 1. The molecule has 1 atom stereocenters. The molecular weight excluding hydrogens is 314 g/mol. The van der Waals surface area contributed by atoms with Gasteiger partial charge in [-0.2, -0.15) is 4.31 Å². The number of hydrogen-bond acceptors (Lipinski definition) is 5. The summed E-state index contributed by atoms with van der Waals surface area (Å²) in [6.07, 6.45) is -0.444. The molecule has 0 radical (unpaired) electrons. The predicted octanol–water partition coefficient (Wildman–Crippen LogP) is 1.86. The first-order valence-corrected chi connectivity index (χ1v) is 8.90. The van der Waals surface area contributed by atoms with Gasteiger partial charge in [0.2, 0.25) is 10.0 Å². The Kier molecular flexibility index (Phi) is 4.43. The van der Waals surface area contributed by atoms with Gasteiger partial charge in [-0.3, -0.25) is 0 Å². The van der Waals surface area contributed by atoms with Crippen LogP contribution in [0.15, 0.2) is 41.3 Å². The maximum atomic E-state index is 12.7. The van der Waals surface area contributed by atoms with Gasteiger partial charge in [-0.25, -0.2) is 18.4 Å². The Bertz CT molecular complexity index is 773. The summed E-state index contributed by atoms with van der Waals surface area (Å²) in [5.74, 6) is 0.537. The van der Waals surface area contributed by atoms with Crippen LogP contribution < -0.4 is 0 Å². The molecule has 122 valence electrons. The molecule has 2 heterocycles. The van der Waals surface area contributed by atoms with E-state index >= 15 is 0 Å². The second-order valence-corrected chi connectivity index (χ2v) is 7.48. The fourth-order valence-electron chi connectivity index (χ4n) is 2.64. The normalized spacial score (nSPS) is 19.7. The summed E-state index contributed by atoms with van der Waals surface area (Å²) >= 11 is 0. The van der Waals surface area contributed by atoms with Crippen molar-refractivity contribution < 1.29 is 13.2 Å². The van der Waals surface area contributed by atoms with E-state index in [1.807, 2.05) is 19.9 Å². The van der Waals surface area contributed by atoms with Crippen LogP contribution in [0.5, 0.6) is 0 Å². The highest BCUT2D eigenvalue weighted by Crippen LogP contribution is 2.24. The van der Waals surface area contributed by atoms with Crippen LogP contribution in [-0.4, -0.2) is 42.4 Å². The van der Waals surface area contributed by atoms with Crippen molar-refractivity contribution in [3.63, 3.8) is 0 Å². The van der Waals surface area contributed by atoms with Crippen molar-refractivity contribution in [2.24, 2.45) is 0 Å². The molecule has 1 aliphatic rings. The molecule has 0 N–H and O–H groups in total. The zero-order chi connectivity index (χ0) is 16.4. The molecule has 6 nitrogen and oxygen atoms in total. The molecule has 0 bridgehead atoms. The molecule has 1 saturated heterocycles. The third-order valence-corrected chi connectivity index (χ3v) is 5.58. The molecule has 1 aromatic heterocycles. The van der Waals surface area contributed by atoms with Gasteiger partial charge < -0.3 is 4.74 Å². The van der Waals surface area contributed by atoms with E-state index < -0.39 is 16.1 Å². The van der Waals surface area contributed by atoms with Gasteiger partial charge in [-0.05, 0) is 32.0 Å². The summed E-state index contributed by atoms with van der Waals surface area (Å²) in [5, 5.41) is 0. The topological polar surface area (TPSA) is 72.4 Å². The van der Waals surface area contributed by atoms with Crippen molar-refractivity contribution >= 4 is 10.0 Å². The van der Waals surface area contributed by atoms with Crippen LogP contribution >= 0.6 is 0 Å². The second kappa shape index (κ2) is 6.35. The van der Waals surface area contributed by atoms with E-state index in [-0.39, 0.29) is 6.54 Å². The largest absolute Gasteiger partial charge is 0.367 e. The Morgan fingerprint density at radius 2 is 1.78 bits per heavy atom. The molecule has 1 fully saturated rings. The Labute approximate surface area is 136 Å². The smallest absolute Gasteiger partial charge is 0.243 e. The molecule has 3 rings (SSSR count). The molecule has 2 aromatic rings. The highest BCUT2D eigenvalue weighted by Gasteiger charge is 2.32. The average molecular weight is 333 g/mol. The van der Waals surface area contributed by atoms with E-state index in [9.17, 15) is 8.42 Å². The number of morpholine rings is 1. The predicted molar refractivity (Wildman–Crippen MR) is 85.4 cm³/mol. The fourth-order valence-corrected chi connectivity index (χ4v) is 4.08. The van der Waals surface area contributed by atoms with Gasteiger partial charge in [0.05, 0.1) is 11.5 Å². The summed E-state index contributed by atoms with van der Waals surface area (Å²) in [5.41, 5.74) is 1.69. The lowest BCUT2D eigenvalue weighted by Crippen LogP contribution is -2.42. The molecule has 1 aromatic carbocycles. The van der Waals surface area contributed by atoms with Crippen LogP contribution in [0.2, 0.25) is 0 Å². The van der Waals surface area contributed by atoms with Gasteiger partial charge in [0.1, 0.15) is 6.10 Å². The molecule has 0 unspecified atom stereocenters. The first-order valence-electron chi connectivity index (χ1n) is 7.46. The summed E-state index contributed by atoms with van der Waals surface area (Å²) in [4.78, 5) is 9.07. The van der Waals surface area contributed by atoms with Crippen LogP contribution in [0.4, 0.5) is 0 Å². The van der Waals surface area contributed by atoms with Gasteiger partial charge >= 0.3 is 0 Å². The summed E-state index contributed by atoms with van der Waals surface area (Å²) in [7, 11) is -3.53. The number of rotatable bonds is 3. The van der Waals surface area contributed by atoms with Crippen LogP contribution in [-0.2, 0) is 14.8 Å². The lowest BCUT2D eigenvalue weighted by molar-refractivity contribution is -0.00769. The van der Waals surface area contributed by atoms with Gasteiger partial charge in [-0.15, -0.1) is 0 Å². The van der Waals surface area contributed by atoms with Crippen molar-refractivity contribution in [2.45, 2.75) is 24.8 Å². The Balaban J connectivity index is 1.86. The molecule has 0 saturated carbocycles. The van der Waals surface area contributed by atoms with E-state index in [1.54, 1.807) is 30.3 Å². The summed E-state index contributed by atoms with van der Waals surface area (Å²) < 4.78 is 32.6. The van der Waals surface area contributed by atoms with E-state index in [1.165, 1.54) is 4.31 Å². The van der Waals surface area contributed by atoms with E-state index in [2.05, 4.69) is 9.97 Å². The van der Waals surface area contributed by atoms with E-state index in [4.69, 9.17) is 4.74 Å². The summed E-state index contributed by atoms with van der Waals surface area (Å²) in [6.45, 7) is 4.66. The third kappa shape index (κ3) is 3.41. The highest BCUT2D eigenvalue weighted by molar-refractivity contribution is 7.89. The van der Waals surface area contributed by atoms with Crippen LogP contribution in [0.3, 0.4) is 0 Å². The second-order valence-electron chi connectivity index (χ2n) is 5.54. The van der Waals surface area contributed by atoms with E-state index in [0.29, 0.717) is 23.9 Å². The molecule has 0 aliphatic carbocycles. The zero-order valence-corrected chi connectivity index (χ0v) is 14.0. The van der Waals surface area contributed by atoms with Gasteiger partial charge in [-0.1, -0.05) is 18.2 Å².